The molecule has 0 N–H and O–H groups in total. The van der Waals surface area contributed by atoms with Crippen molar-refractivity contribution in [2.75, 3.05) is 0 Å². The molecule has 1 aromatic heterocycles. The maximum Gasteiger partial charge on any atom is 0.174 e. The minimum Gasteiger partial charge on any atom is -0.298 e. The van der Waals surface area contributed by atoms with E-state index in [4.69, 9.17) is 0 Å². The Labute approximate surface area is 133 Å². The van der Waals surface area contributed by atoms with Crippen molar-refractivity contribution in [3.8, 4) is 0 Å². The predicted molar refractivity (Wildman–Crippen MR) is 85.5 cm³/mol. The van der Waals surface area contributed by atoms with Gasteiger partial charge in [-0.2, -0.15) is 0 Å². The van der Waals surface area contributed by atoms with Crippen LogP contribution in [0, 0.1) is 19.7 Å². The van der Waals surface area contributed by atoms with Gasteiger partial charge in [0.1, 0.15) is 11.7 Å². The number of ketones is 2. The second-order valence-electron chi connectivity index (χ2n) is 5.82. The number of hydrogen-bond acceptors (Lipinski definition) is 3. The van der Waals surface area contributed by atoms with Gasteiger partial charge in [-0.25, -0.2) is 4.39 Å². The van der Waals surface area contributed by atoms with Gasteiger partial charge in [0.2, 0.25) is 0 Å². The summed E-state index contributed by atoms with van der Waals surface area (Å²) in [6, 6.07) is 8.13. The molecule has 1 aliphatic rings. The van der Waals surface area contributed by atoms with Gasteiger partial charge in [-0.3, -0.25) is 14.6 Å². The Morgan fingerprint density at radius 1 is 1.17 bits per heavy atom. The van der Waals surface area contributed by atoms with E-state index in [2.05, 4.69) is 4.98 Å². The molecule has 0 saturated heterocycles. The van der Waals surface area contributed by atoms with Crippen LogP contribution in [0.1, 0.15) is 34.7 Å². The van der Waals surface area contributed by atoms with E-state index in [1.165, 1.54) is 12.1 Å². The molecule has 23 heavy (non-hydrogen) atoms. The van der Waals surface area contributed by atoms with Crippen LogP contribution in [0.3, 0.4) is 0 Å². The van der Waals surface area contributed by atoms with Crippen LogP contribution in [0.15, 0.2) is 42.1 Å². The molecule has 4 heteroatoms. The minimum absolute atomic E-state index is 0.0936. The molecule has 2 aromatic rings. The zero-order valence-corrected chi connectivity index (χ0v) is 13.0. The molecule has 0 radical (unpaired) electrons. The summed E-state index contributed by atoms with van der Waals surface area (Å²) in [4.78, 5) is 29.3. The Kier molecular flexibility index (Phi) is 3.90. The number of allylic oxidation sites excluding steroid dienone is 1. The number of carbonyl (C=O) groups excluding carboxylic acids is 2. The van der Waals surface area contributed by atoms with Crippen LogP contribution in [0.4, 0.5) is 4.39 Å². The van der Waals surface area contributed by atoms with E-state index in [9.17, 15) is 14.0 Å². The molecule has 116 valence electrons. The van der Waals surface area contributed by atoms with Crippen LogP contribution >= 0.6 is 0 Å². The first-order valence-corrected chi connectivity index (χ1v) is 7.42. The first-order chi connectivity index (χ1) is 11.0. The van der Waals surface area contributed by atoms with Gasteiger partial charge in [0.05, 0.1) is 5.69 Å². The number of hydrogen-bond donors (Lipinski definition) is 0. The van der Waals surface area contributed by atoms with Crippen molar-refractivity contribution >= 4 is 17.6 Å². The fraction of sp³-hybridized carbons (Fsp3) is 0.211. The first kappa shape index (κ1) is 15.3. The summed E-state index contributed by atoms with van der Waals surface area (Å²) in [7, 11) is 0. The maximum absolute atomic E-state index is 13.5. The average Bonchev–Trinajstić information content (AvgIpc) is 2.75. The summed E-state index contributed by atoms with van der Waals surface area (Å²) in [6.45, 7) is 3.46. The van der Waals surface area contributed by atoms with Crippen molar-refractivity contribution in [3.05, 3.63) is 70.3 Å². The van der Waals surface area contributed by atoms with E-state index in [0.29, 0.717) is 28.0 Å². The topological polar surface area (TPSA) is 47.0 Å². The highest BCUT2D eigenvalue weighted by Gasteiger charge is 2.39. The van der Waals surface area contributed by atoms with Crippen LogP contribution < -0.4 is 0 Å². The van der Waals surface area contributed by atoms with Gasteiger partial charge in [0, 0.05) is 18.2 Å². The summed E-state index contributed by atoms with van der Waals surface area (Å²) >= 11 is 0. The molecule has 0 aliphatic heterocycles. The lowest BCUT2D eigenvalue weighted by atomic mass is 9.88. The lowest BCUT2D eigenvalue weighted by Crippen LogP contribution is -2.15. The molecule has 1 saturated carbocycles. The van der Waals surface area contributed by atoms with Gasteiger partial charge in [-0.1, -0.05) is 6.07 Å². The smallest absolute Gasteiger partial charge is 0.174 e. The highest BCUT2D eigenvalue weighted by atomic mass is 19.1. The van der Waals surface area contributed by atoms with E-state index >= 15 is 0 Å². The van der Waals surface area contributed by atoms with Crippen molar-refractivity contribution in [1.82, 2.24) is 4.98 Å². The zero-order valence-electron chi connectivity index (χ0n) is 13.0. The molecular weight excluding hydrogens is 293 g/mol. The molecule has 3 nitrogen and oxygen atoms in total. The quantitative estimate of drug-likeness (QED) is 0.629. The second-order valence-corrected chi connectivity index (χ2v) is 5.82. The van der Waals surface area contributed by atoms with Crippen molar-refractivity contribution in [2.24, 2.45) is 0 Å². The monoisotopic (exact) mass is 309 g/mol. The van der Waals surface area contributed by atoms with Crippen molar-refractivity contribution in [1.29, 1.82) is 0 Å². The third-order valence-electron chi connectivity index (χ3n) is 4.12. The Morgan fingerprint density at radius 3 is 2.48 bits per heavy atom. The normalized spacial score (nSPS) is 19.6. The van der Waals surface area contributed by atoms with Crippen molar-refractivity contribution in [3.63, 3.8) is 0 Å². The fourth-order valence-electron chi connectivity index (χ4n) is 3.14. The largest absolute Gasteiger partial charge is 0.298 e. The molecule has 1 aromatic carbocycles. The lowest BCUT2D eigenvalue weighted by Gasteiger charge is -2.14. The lowest BCUT2D eigenvalue weighted by molar-refractivity contribution is -0.123. The second kappa shape index (κ2) is 5.88. The molecule has 0 spiro atoms. The molecule has 1 aliphatic carbocycles. The standard InChI is InChI=1S/C19H16FNO2/c1-11-7-14(20)8-12(2)17(11)18-16(22)10-13(19(18)23)9-15-5-3-4-6-21-15/h3-9,18H,10H2,1-2H3. The summed E-state index contributed by atoms with van der Waals surface area (Å²) in [5.74, 6) is -1.54. The number of Topliss-reactive ketones (excluding diaryl/α,β-unsaturated/α-hetero) is 2. The Morgan fingerprint density at radius 2 is 1.87 bits per heavy atom. The Balaban J connectivity index is 2.02. The number of benzene rings is 1. The molecule has 0 bridgehead atoms. The maximum atomic E-state index is 13.5. The SMILES string of the molecule is Cc1cc(F)cc(C)c1C1C(=O)CC(=Cc2ccccn2)C1=O. The summed E-state index contributed by atoms with van der Waals surface area (Å²) in [5, 5.41) is 0. The molecule has 0 amide bonds. The number of nitrogens with zero attached hydrogens (tertiary/aromatic N) is 1. The van der Waals surface area contributed by atoms with Crippen molar-refractivity contribution < 1.29 is 14.0 Å². The van der Waals surface area contributed by atoms with E-state index in [1.54, 1.807) is 38.3 Å². The average molecular weight is 309 g/mol. The number of rotatable bonds is 2. The molecular formula is C19H16FNO2. The number of halogens is 1. The van der Waals surface area contributed by atoms with Crippen LogP contribution in [0.2, 0.25) is 0 Å². The number of aryl methyl sites for hydroxylation is 2. The third-order valence-corrected chi connectivity index (χ3v) is 4.12. The van der Waals surface area contributed by atoms with Crippen molar-refractivity contribution in [2.45, 2.75) is 26.2 Å². The molecule has 1 fully saturated rings. The highest BCUT2D eigenvalue weighted by Crippen LogP contribution is 2.36. The van der Waals surface area contributed by atoms with Gasteiger partial charge >= 0.3 is 0 Å². The van der Waals surface area contributed by atoms with Crippen LogP contribution in [-0.4, -0.2) is 16.6 Å². The van der Waals surface area contributed by atoms with Crippen LogP contribution in [0.5, 0.6) is 0 Å². The van der Waals surface area contributed by atoms with Gasteiger partial charge in [0.25, 0.3) is 0 Å². The van der Waals surface area contributed by atoms with Gasteiger partial charge < -0.3 is 0 Å². The van der Waals surface area contributed by atoms with E-state index in [1.807, 2.05) is 6.07 Å². The Hall–Kier alpha value is -2.62. The first-order valence-electron chi connectivity index (χ1n) is 7.42. The van der Waals surface area contributed by atoms with Crippen LogP contribution in [-0.2, 0) is 9.59 Å². The van der Waals surface area contributed by atoms with Gasteiger partial charge in [0.15, 0.2) is 11.6 Å². The number of pyridine rings is 1. The molecule has 1 heterocycles. The summed E-state index contributed by atoms with van der Waals surface area (Å²) in [6.07, 6.45) is 3.39. The molecule has 3 rings (SSSR count). The van der Waals surface area contributed by atoms with E-state index in [-0.39, 0.29) is 23.8 Å². The van der Waals surface area contributed by atoms with E-state index in [0.717, 1.165) is 0 Å². The molecule has 1 unspecified atom stereocenters. The minimum atomic E-state index is -0.828. The van der Waals surface area contributed by atoms with Gasteiger partial charge in [-0.15, -0.1) is 0 Å². The summed E-state index contributed by atoms with van der Waals surface area (Å²) < 4.78 is 13.5. The third kappa shape index (κ3) is 2.84. The zero-order chi connectivity index (χ0) is 16.6. The predicted octanol–water partition coefficient (Wildman–Crippen LogP) is 3.55. The summed E-state index contributed by atoms with van der Waals surface area (Å²) in [5.41, 5.74) is 3.01. The van der Waals surface area contributed by atoms with Gasteiger partial charge in [-0.05, 0) is 60.9 Å². The van der Waals surface area contributed by atoms with E-state index < -0.39 is 5.92 Å². The highest BCUT2D eigenvalue weighted by molar-refractivity contribution is 6.24. The molecule has 1 atom stereocenters. The fourth-order valence-corrected chi connectivity index (χ4v) is 3.14. The Bertz CT molecular complexity index is 802. The number of aromatic nitrogens is 1. The number of carbonyl (C=O) groups is 2. The van der Waals surface area contributed by atoms with Crippen LogP contribution in [0.25, 0.3) is 6.08 Å².